The molecule has 4 heteroatoms. The van der Waals surface area contributed by atoms with Gasteiger partial charge < -0.3 is 18.9 Å². The number of hydrogen-bond donors (Lipinski definition) is 0. The van der Waals surface area contributed by atoms with Crippen molar-refractivity contribution in [1.29, 1.82) is 0 Å². The summed E-state index contributed by atoms with van der Waals surface area (Å²) in [5.74, 6) is 4.08. The lowest BCUT2D eigenvalue weighted by molar-refractivity contribution is 0.158. The Labute approximate surface area is 223 Å². The highest BCUT2D eigenvalue weighted by Gasteiger charge is 2.27. The zero-order valence-corrected chi connectivity index (χ0v) is 21.6. The van der Waals surface area contributed by atoms with Crippen LogP contribution >= 0.6 is 0 Å². The number of para-hydroxylation sites is 1. The molecule has 38 heavy (non-hydrogen) atoms. The van der Waals surface area contributed by atoms with E-state index in [4.69, 9.17) is 18.9 Å². The van der Waals surface area contributed by atoms with E-state index in [1.807, 2.05) is 66.7 Å². The zero-order chi connectivity index (χ0) is 26.0. The largest absolute Gasteiger partial charge is 0.493 e. The van der Waals surface area contributed by atoms with Crippen molar-refractivity contribution < 1.29 is 18.9 Å². The predicted octanol–water partition coefficient (Wildman–Crippen LogP) is 8.04. The summed E-state index contributed by atoms with van der Waals surface area (Å²) in [6, 6.07) is 24.1. The minimum absolute atomic E-state index is 0.323. The number of benzene rings is 3. The van der Waals surface area contributed by atoms with E-state index in [1.54, 1.807) is 0 Å². The van der Waals surface area contributed by atoms with E-state index in [0.717, 1.165) is 56.6 Å². The number of fused-ring (bicyclic) bond motifs is 3. The summed E-state index contributed by atoms with van der Waals surface area (Å²) in [5, 5.41) is 0. The predicted molar refractivity (Wildman–Crippen MR) is 151 cm³/mol. The SMILES string of the molecule is CC1(C)C=Cc2c(ccc3c2OCC(C2=CC=C(Oc4ccccc4)C=C(OCc4ccccc4)C2)=C3)O1. The molecular formula is C34H30O4. The molecule has 0 unspecified atom stereocenters. The first-order chi connectivity index (χ1) is 18.5. The minimum atomic E-state index is -0.323. The van der Waals surface area contributed by atoms with E-state index in [1.165, 1.54) is 0 Å². The fourth-order valence-corrected chi connectivity index (χ4v) is 4.72. The van der Waals surface area contributed by atoms with Crippen LogP contribution in [0.2, 0.25) is 0 Å². The molecule has 4 nitrogen and oxygen atoms in total. The summed E-state index contributed by atoms with van der Waals surface area (Å²) in [4.78, 5) is 0. The molecule has 0 saturated carbocycles. The molecule has 0 spiro atoms. The lowest BCUT2D eigenvalue weighted by Gasteiger charge is -2.30. The summed E-state index contributed by atoms with van der Waals surface area (Å²) < 4.78 is 25.0. The van der Waals surface area contributed by atoms with Crippen molar-refractivity contribution >= 4 is 12.2 Å². The summed E-state index contributed by atoms with van der Waals surface area (Å²) in [7, 11) is 0. The van der Waals surface area contributed by atoms with Crippen molar-refractivity contribution in [3.63, 3.8) is 0 Å². The van der Waals surface area contributed by atoms with Gasteiger partial charge in [-0.05, 0) is 79.1 Å². The first kappa shape index (κ1) is 23.9. The number of rotatable bonds is 6. The van der Waals surface area contributed by atoms with Gasteiger partial charge in [0.05, 0.1) is 5.56 Å². The van der Waals surface area contributed by atoms with Crippen molar-refractivity contribution in [3.8, 4) is 17.2 Å². The van der Waals surface area contributed by atoms with Gasteiger partial charge in [0.2, 0.25) is 0 Å². The van der Waals surface area contributed by atoms with Gasteiger partial charge >= 0.3 is 0 Å². The van der Waals surface area contributed by atoms with E-state index >= 15 is 0 Å². The van der Waals surface area contributed by atoms with Gasteiger partial charge in [0.1, 0.15) is 47.6 Å². The standard InChI is InChI=1S/C34H30O4/c1-34(2)18-17-31-32(38-34)16-14-26-19-27(23-36-33(26)31)25-13-15-29(37-28-11-7-4-8-12-28)21-30(20-25)35-22-24-9-5-3-6-10-24/h3-19,21H,20,22-23H2,1-2H3. The molecule has 3 aromatic rings. The third-order valence-electron chi connectivity index (χ3n) is 6.69. The molecule has 0 amide bonds. The Morgan fingerprint density at radius 3 is 2.45 bits per heavy atom. The Bertz CT molecular complexity index is 1490. The number of ether oxygens (including phenoxy) is 4. The van der Waals surface area contributed by atoms with Gasteiger partial charge in [-0.15, -0.1) is 0 Å². The highest BCUT2D eigenvalue weighted by molar-refractivity contribution is 5.77. The molecule has 190 valence electrons. The second-order valence-electron chi connectivity index (χ2n) is 10.1. The van der Waals surface area contributed by atoms with Gasteiger partial charge in [0.15, 0.2) is 0 Å². The highest BCUT2D eigenvalue weighted by atomic mass is 16.5. The zero-order valence-electron chi connectivity index (χ0n) is 21.6. The topological polar surface area (TPSA) is 36.9 Å². The lowest BCUT2D eigenvalue weighted by Crippen LogP contribution is -2.27. The van der Waals surface area contributed by atoms with Crippen molar-refractivity contribution in [2.24, 2.45) is 0 Å². The van der Waals surface area contributed by atoms with Crippen LogP contribution in [0, 0.1) is 0 Å². The summed E-state index contributed by atoms with van der Waals surface area (Å²) in [6.07, 6.45) is 13.1. The maximum absolute atomic E-state index is 6.33. The fraction of sp³-hybridized carbons (Fsp3) is 0.176. The van der Waals surface area contributed by atoms with Crippen LogP contribution in [-0.2, 0) is 11.3 Å². The lowest BCUT2D eigenvalue weighted by atomic mass is 9.94. The molecule has 0 atom stereocenters. The maximum atomic E-state index is 6.33. The van der Waals surface area contributed by atoms with Crippen LogP contribution in [0.4, 0.5) is 0 Å². The molecule has 3 aromatic carbocycles. The van der Waals surface area contributed by atoms with Gasteiger partial charge in [-0.3, -0.25) is 0 Å². The Kier molecular flexibility index (Phi) is 6.38. The monoisotopic (exact) mass is 502 g/mol. The summed E-state index contributed by atoms with van der Waals surface area (Å²) in [6.45, 7) is 5.07. The van der Waals surface area contributed by atoms with E-state index in [0.29, 0.717) is 19.6 Å². The molecule has 0 bridgehead atoms. The third-order valence-corrected chi connectivity index (χ3v) is 6.69. The normalized spacial score (nSPS) is 17.2. The van der Waals surface area contributed by atoms with Crippen molar-refractivity contribution in [2.45, 2.75) is 32.5 Å². The Hall–Kier alpha value is -4.44. The van der Waals surface area contributed by atoms with Crippen LogP contribution in [0.25, 0.3) is 12.2 Å². The first-order valence-corrected chi connectivity index (χ1v) is 12.9. The molecule has 0 saturated heterocycles. The Morgan fingerprint density at radius 2 is 1.63 bits per heavy atom. The van der Waals surface area contributed by atoms with Gasteiger partial charge in [0, 0.05) is 18.1 Å². The van der Waals surface area contributed by atoms with E-state index in [2.05, 4.69) is 56.4 Å². The molecule has 0 N–H and O–H groups in total. The average Bonchev–Trinajstić information content (AvgIpc) is 3.14. The smallest absolute Gasteiger partial charge is 0.137 e. The van der Waals surface area contributed by atoms with E-state index < -0.39 is 0 Å². The first-order valence-electron chi connectivity index (χ1n) is 12.9. The second kappa shape index (κ2) is 10.1. The van der Waals surface area contributed by atoms with Crippen molar-refractivity contribution in [3.05, 3.63) is 136 Å². The molecule has 0 fully saturated rings. The molecule has 0 aromatic heterocycles. The third kappa shape index (κ3) is 5.30. The fourth-order valence-electron chi connectivity index (χ4n) is 4.72. The maximum Gasteiger partial charge on any atom is 0.137 e. The minimum Gasteiger partial charge on any atom is -0.493 e. The van der Waals surface area contributed by atoms with Crippen molar-refractivity contribution in [2.75, 3.05) is 6.61 Å². The number of hydrogen-bond acceptors (Lipinski definition) is 4. The number of allylic oxidation sites excluding steroid dienone is 4. The van der Waals surface area contributed by atoms with Gasteiger partial charge in [-0.2, -0.15) is 0 Å². The Morgan fingerprint density at radius 1 is 0.842 bits per heavy atom. The molecule has 2 heterocycles. The van der Waals surface area contributed by atoms with Crippen LogP contribution in [0.3, 0.4) is 0 Å². The molecule has 0 radical (unpaired) electrons. The average molecular weight is 503 g/mol. The van der Waals surface area contributed by atoms with Gasteiger partial charge in [-0.1, -0.05) is 54.6 Å². The summed E-state index contributed by atoms with van der Waals surface area (Å²) >= 11 is 0. The van der Waals surface area contributed by atoms with E-state index in [9.17, 15) is 0 Å². The van der Waals surface area contributed by atoms with Crippen LogP contribution in [-0.4, -0.2) is 12.2 Å². The summed E-state index contributed by atoms with van der Waals surface area (Å²) in [5.41, 5.74) is 5.09. The van der Waals surface area contributed by atoms with E-state index in [-0.39, 0.29) is 5.60 Å². The van der Waals surface area contributed by atoms with Gasteiger partial charge in [-0.25, -0.2) is 0 Å². The van der Waals surface area contributed by atoms with Crippen LogP contribution < -0.4 is 14.2 Å². The highest BCUT2D eigenvalue weighted by Crippen LogP contribution is 2.42. The molecule has 1 aliphatic carbocycles. The second-order valence-corrected chi connectivity index (χ2v) is 10.1. The quantitative estimate of drug-likeness (QED) is 0.342. The van der Waals surface area contributed by atoms with Crippen LogP contribution in [0.5, 0.6) is 17.2 Å². The molecule has 6 rings (SSSR count). The molecule has 2 aliphatic heterocycles. The van der Waals surface area contributed by atoms with Crippen LogP contribution in [0.15, 0.2) is 120 Å². The van der Waals surface area contributed by atoms with Crippen molar-refractivity contribution in [1.82, 2.24) is 0 Å². The van der Waals surface area contributed by atoms with Crippen LogP contribution in [0.1, 0.15) is 37.0 Å². The van der Waals surface area contributed by atoms with Gasteiger partial charge in [0.25, 0.3) is 0 Å². The molecule has 3 aliphatic rings. The molecular weight excluding hydrogens is 472 g/mol. The Balaban J connectivity index is 1.29.